The van der Waals surface area contributed by atoms with E-state index in [1.165, 1.54) is 18.2 Å². The minimum Gasteiger partial charge on any atom is -0.166 e. The first kappa shape index (κ1) is 10.3. The van der Waals surface area contributed by atoms with E-state index in [-0.39, 0.29) is 4.47 Å². The highest BCUT2D eigenvalue weighted by Gasteiger charge is 2.32. The standard InChI is InChI=1S/C9H6BrF3/c1-2-6-3-4-7(8(10)5-6)9(11,12)13/h2-5H,1H2. The number of hydrogen-bond donors (Lipinski definition) is 0. The van der Waals surface area contributed by atoms with E-state index in [2.05, 4.69) is 22.5 Å². The maximum atomic E-state index is 12.2. The fraction of sp³-hybridized carbons (Fsp3) is 0.111. The largest absolute Gasteiger partial charge is 0.417 e. The van der Waals surface area contributed by atoms with Gasteiger partial charge in [-0.05, 0) is 17.7 Å². The minimum atomic E-state index is -4.31. The summed E-state index contributed by atoms with van der Waals surface area (Å²) in [5.41, 5.74) is -0.0158. The molecule has 0 aliphatic carbocycles. The van der Waals surface area contributed by atoms with Gasteiger partial charge in [0.1, 0.15) is 0 Å². The van der Waals surface area contributed by atoms with Gasteiger partial charge in [0, 0.05) is 4.47 Å². The Morgan fingerprint density at radius 1 is 1.31 bits per heavy atom. The molecule has 0 aromatic heterocycles. The Hall–Kier alpha value is -0.770. The maximum absolute atomic E-state index is 12.2. The quantitative estimate of drug-likeness (QED) is 0.704. The van der Waals surface area contributed by atoms with Gasteiger partial charge in [-0.2, -0.15) is 13.2 Å². The van der Waals surface area contributed by atoms with E-state index in [0.717, 1.165) is 6.07 Å². The molecule has 0 bridgehead atoms. The third kappa shape index (κ3) is 2.34. The molecule has 0 saturated carbocycles. The number of rotatable bonds is 1. The number of alkyl halides is 3. The smallest absolute Gasteiger partial charge is 0.166 e. The van der Waals surface area contributed by atoms with Crippen LogP contribution >= 0.6 is 15.9 Å². The van der Waals surface area contributed by atoms with Crippen molar-refractivity contribution >= 4 is 22.0 Å². The van der Waals surface area contributed by atoms with E-state index in [0.29, 0.717) is 5.56 Å². The monoisotopic (exact) mass is 250 g/mol. The summed E-state index contributed by atoms with van der Waals surface area (Å²) in [5, 5.41) is 0. The Balaban J connectivity index is 3.20. The molecule has 1 rings (SSSR count). The van der Waals surface area contributed by atoms with E-state index in [1.54, 1.807) is 0 Å². The lowest BCUT2D eigenvalue weighted by Crippen LogP contribution is -2.05. The third-order valence-corrected chi connectivity index (χ3v) is 2.19. The lowest BCUT2D eigenvalue weighted by molar-refractivity contribution is -0.138. The molecule has 0 radical (unpaired) electrons. The lowest BCUT2D eigenvalue weighted by Gasteiger charge is -2.08. The summed E-state index contributed by atoms with van der Waals surface area (Å²) in [6.45, 7) is 3.46. The Morgan fingerprint density at radius 3 is 2.31 bits per heavy atom. The van der Waals surface area contributed by atoms with E-state index in [9.17, 15) is 13.2 Å². The van der Waals surface area contributed by atoms with Crippen LogP contribution in [0, 0.1) is 0 Å². The van der Waals surface area contributed by atoms with Crippen LogP contribution in [0.2, 0.25) is 0 Å². The fourth-order valence-electron chi connectivity index (χ4n) is 0.888. The van der Waals surface area contributed by atoms with Crippen molar-refractivity contribution in [2.24, 2.45) is 0 Å². The molecule has 0 N–H and O–H groups in total. The second-order valence-corrected chi connectivity index (χ2v) is 3.30. The van der Waals surface area contributed by atoms with Gasteiger partial charge in [-0.3, -0.25) is 0 Å². The molecule has 0 amide bonds. The molecule has 0 saturated heterocycles. The molecular formula is C9H6BrF3. The normalized spacial score (nSPS) is 11.4. The van der Waals surface area contributed by atoms with Gasteiger partial charge >= 0.3 is 6.18 Å². The molecule has 70 valence electrons. The van der Waals surface area contributed by atoms with Crippen molar-refractivity contribution < 1.29 is 13.2 Å². The molecule has 1 aromatic rings. The zero-order valence-corrected chi connectivity index (χ0v) is 8.11. The molecule has 1 aromatic carbocycles. The van der Waals surface area contributed by atoms with Crippen LogP contribution < -0.4 is 0 Å². The Labute approximate surface area is 82.2 Å². The summed E-state index contributed by atoms with van der Waals surface area (Å²) in [5.74, 6) is 0. The van der Waals surface area contributed by atoms with Crippen molar-refractivity contribution in [3.8, 4) is 0 Å². The molecule has 13 heavy (non-hydrogen) atoms. The van der Waals surface area contributed by atoms with Gasteiger partial charge < -0.3 is 0 Å². The fourth-order valence-corrected chi connectivity index (χ4v) is 1.51. The predicted octanol–water partition coefficient (Wildman–Crippen LogP) is 4.11. The molecule has 0 aliphatic rings. The van der Waals surface area contributed by atoms with Gasteiger partial charge in [0.25, 0.3) is 0 Å². The van der Waals surface area contributed by atoms with E-state index in [1.807, 2.05) is 0 Å². The van der Waals surface area contributed by atoms with Crippen LogP contribution in [-0.4, -0.2) is 0 Å². The molecule has 0 spiro atoms. The van der Waals surface area contributed by atoms with Crippen molar-refractivity contribution in [2.45, 2.75) is 6.18 Å². The third-order valence-electron chi connectivity index (χ3n) is 1.53. The molecule has 0 nitrogen and oxygen atoms in total. The second-order valence-electron chi connectivity index (χ2n) is 2.44. The van der Waals surface area contributed by atoms with Gasteiger partial charge in [-0.1, -0.05) is 34.7 Å². The van der Waals surface area contributed by atoms with Crippen molar-refractivity contribution in [1.82, 2.24) is 0 Å². The number of benzene rings is 1. The van der Waals surface area contributed by atoms with Crippen LogP contribution in [0.1, 0.15) is 11.1 Å². The summed E-state index contributed by atoms with van der Waals surface area (Å²) < 4.78 is 36.7. The van der Waals surface area contributed by atoms with Gasteiger partial charge in [-0.25, -0.2) is 0 Å². The first-order valence-electron chi connectivity index (χ1n) is 3.44. The highest BCUT2D eigenvalue weighted by atomic mass is 79.9. The summed E-state index contributed by atoms with van der Waals surface area (Å²) in [4.78, 5) is 0. The Bertz CT molecular complexity index is 328. The lowest BCUT2D eigenvalue weighted by atomic mass is 10.1. The van der Waals surface area contributed by atoms with Crippen LogP contribution in [0.5, 0.6) is 0 Å². The first-order valence-corrected chi connectivity index (χ1v) is 4.23. The highest BCUT2D eigenvalue weighted by Crippen LogP contribution is 2.35. The van der Waals surface area contributed by atoms with Gasteiger partial charge in [0.15, 0.2) is 0 Å². The van der Waals surface area contributed by atoms with Gasteiger partial charge in [-0.15, -0.1) is 0 Å². The highest BCUT2D eigenvalue weighted by molar-refractivity contribution is 9.10. The topological polar surface area (TPSA) is 0 Å². The second kappa shape index (κ2) is 3.54. The Kier molecular flexibility index (Phi) is 2.81. The minimum absolute atomic E-state index is 0.0393. The molecule has 0 unspecified atom stereocenters. The summed E-state index contributed by atoms with van der Waals surface area (Å²) in [7, 11) is 0. The Morgan fingerprint density at radius 2 is 1.92 bits per heavy atom. The van der Waals surface area contributed by atoms with Crippen molar-refractivity contribution in [1.29, 1.82) is 0 Å². The van der Waals surface area contributed by atoms with Crippen LogP contribution in [0.3, 0.4) is 0 Å². The number of hydrogen-bond acceptors (Lipinski definition) is 0. The zero-order valence-electron chi connectivity index (χ0n) is 6.53. The van der Waals surface area contributed by atoms with Crippen LogP contribution in [0.15, 0.2) is 29.3 Å². The molecule has 0 atom stereocenters. The first-order chi connectivity index (χ1) is 5.95. The zero-order chi connectivity index (χ0) is 10.1. The van der Waals surface area contributed by atoms with Crippen molar-refractivity contribution in [3.05, 3.63) is 40.4 Å². The molecule has 0 aliphatic heterocycles. The summed E-state index contributed by atoms with van der Waals surface area (Å²) >= 11 is 2.86. The van der Waals surface area contributed by atoms with E-state index >= 15 is 0 Å². The van der Waals surface area contributed by atoms with Gasteiger partial charge in [0.2, 0.25) is 0 Å². The number of halogens is 4. The molecular weight excluding hydrogens is 245 g/mol. The van der Waals surface area contributed by atoms with Crippen molar-refractivity contribution in [3.63, 3.8) is 0 Å². The molecule has 0 fully saturated rings. The van der Waals surface area contributed by atoms with E-state index in [4.69, 9.17) is 0 Å². The molecule has 0 heterocycles. The molecule has 4 heteroatoms. The van der Waals surface area contributed by atoms with Crippen LogP contribution in [0.4, 0.5) is 13.2 Å². The van der Waals surface area contributed by atoms with Crippen LogP contribution in [0.25, 0.3) is 6.08 Å². The summed E-state index contributed by atoms with van der Waals surface area (Å²) in [6, 6.07) is 3.79. The average Bonchev–Trinajstić information content (AvgIpc) is 2.01. The van der Waals surface area contributed by atoms with Gasteiger partial charge in [0.05, 0.1) is 5.56 Å². The van der Waals surface area contributed by atoms with E-state index < -0.39 is 11.7 Å². The predicted molar refractivity (Wildman–Crippen MR) is 49.2 cm³/mol. The SMILES string of the molecule is C=Cc1ccc(C(F)(F)F)c(Br)c1. The summed E-state index contributed by atoms with van der Waals surface area (Å²) in [6.07, 6.45) is -2.82. The average molecular weight is 251 g/mol. The maximum Gasteiger partial charge on any atom is 0.417 e. The van der Waals surface area contributed by atoms with Crippen LogP contribution in [-0.2, 0) is 6.18 Å². The van der Waals surface area contributed by atoms with Crippen molar-refractivity contribution in [2.75, 3.05) is 0 Å².